The van der Waals surface area contributed by atoms with Gasteiger partial charge < -0.3 is 24.6 Å². The quantitative estimate of drug-likeness (QED) is 0.244. The molecule has 2 fully saturated rings. The summed E-state index contributed by atoms with van der Waals surface area (Å²) in [5.41, 5.74) is -0.581. The van der Waals surface area contributed by atoms with Crippen LogP contribution in [-0.4, -0.2) is 76.5 Å². The van der Waals surface area contributed by atoms with E-state index in [1.165, 1.54) is 7.11 Å². The Morgan fingerprint density at radius 1 is 1.18 bits per heavy atom. The first-order valence-electron chi connectivity index (χ1n) is 15.3. The van der Waals surface area contributed by atoms with Gasteiger partial charge in [-0.2, -0.15) is 8.78 Å². The zero-order valence-corrected chi connectivity index (χ0v) is 26.6. The number of fused-ring (bicyclic) bond motifs is 1. The van der Waals surface area contributed by atoms with Gasteiger partial charge in [0.05, 0.1) is 18.1 Å². The fraction of sp³-hybridized carbons (Fsp3) is 0.576. The third-order valence-electron chi connectivity index (χ3n) is 8.61. The average molecular weight is 631 g/mol. The highest BCUT2D eigenvalue weighted by molar-refractivity contribution is 5.77. The molecule has 246 valence electrons. The molecule has 1 aliphatic carbocycles. The minimum absolute atomic E-state index is 0.104. The molecule has 12 heteroatoms. The van der Waals surface area contributed by atoms with Crippen LogP contribution in [-0.2, 0) is 15.5 Å². The van der Waals surface area contributed by atoms with Crippen LogP contribution in [0.1, 0.15) is 59.1 Å². The monoisotopic (exact) mass is 630 g/mol. The molecule has 0 bridgehead atoms. The lowest BCUT2D eigenvalue weighted by molar-refractivity contribution is -0.144. The van der Waals surface area contributed by atoms with E-state index in [4.69, 9.17) is 14.2 Å². The number of carbonyl (C=O) groups is 2. The average Bonchev–Trinajstić information content (AvgIpc) is 3.59. The van der Waals surface area contributed by atoms with E-state index >= 15 is 8.78 Å². The number of hydrogen-bond donors (Lipinski definition) is 2. The second-order valence-corrected chi connectivity index (χ2v) is 12.9. The number of alkyl halides is 2. The highest BCUT2D eigenvalue weighted by Gasteiger charge is 2.49. The van der Waals surface area contributed by atoms with Crippen LogP contribution in [0.3, 0.4) is 0 Å². The highest BCUT2D eigenvalue weighted by Crippen LogP contribution is 2.40. The lowest BCUT2D eigenvalue weighted by Crippen LogP contribution is -2.53. The van der Waals surface area contributed by atoms with Crippen LogP contribution in [0.2, 0.25) is 0 Å². The van der Waals surface area contributed by atoms with Gasteiger partial charge in [-0.05, 0) is 36.8 Å². The highest BCUT2D eigenvalue weighted by atomic mass is 19.3. The summed E-state index contributed by atoms with van der Waals surface area (Å²) in [5, 5.41) is 13.3. The van der Waals surface area contributed by atoms with Crippen molar-refractivity contribution < 1.29 is 37.7 Å². The van der Waals surface area contributed by atoms with E-state index in [9.17, 15) is 14.7 Å². The fourth-order valence-electron chi connectivity index (χ4n) is 5.89. The maximum atomic E-state index is 15.4. The lowest BCUT2D eigenvalue weighted by atomic mass is 9.86. The minimum Gasteiger partial charge on any atom is -0.497 e. The number of aromatic nitrogens is 2. The van der Waals surface area contributed by atoms with Gasteiger partial charge in [0.1, 0.15) is 24.0 Å². The summed E-state index contributed by atoms with van der Waals surface area (Å²) in [6, 6.07) is 3.24. The Kier molecular flexibility index (Phi) is 10.4. The molecular formula is C33H44F2N4O6. The van der Waals surface area contributed by atoms with E-state index in [1.807, 2.05) is 27.7 Å². The summed E-state index contributed by atoms with van der Waals surface area (Å²) in [6.07, 6.45) is 2.63. The van der Waals surface area contributed by atoms with Crippen molar-refractivity contribution in [1.29, 1.82) is 0 Å². The molecule has 2 aromatic rings. The van der Waals surface area contributed by atoms with E-state index in [1.54, 1.807) is 29.2 Å². The summed E-state index contributed by atoms with van der Waals surface area (Å²) in [4.78, 5) is 35.9. The van der Waals surface area contributed by atoms with Crippen LogP contribution >= 0.6 is 0 Å². The van der Waals surface area contributed by atoms with E-state index in [0.717, 1.165) is 18.9 Å². The van der Waals surface area contributed by atoms with Crippen molar-refractivity contribution >= 4 is 23.1 Å². The van der Waals surface area contributed by atoms with Gasteiger partial charge in [-0.3, -0.25) is 9.69 Å². The maximum Gasteiger partial charge on any atom is 0.407 e. The van der Waals surface area contributed by atoms with Crippen molar-refractivity contribution in [3.63, 3.8) is 0 Å². The zero-order chi connectivity index (χ0) is 33.1. The second kappa shape index (κ2) is 13.7. The Balaban J connectivity index is 1.62. The molecule has 1 aromatic heterocycles. The molecule has 10 nitrogen and oxygen atoms in total. The van der Waals surface area contributed by atoms with E-state index < -0.39 is 59.6 Å². The third kappa shape index (κ3) is 7.89. The number of halogens is 2. The number of alkyl carbamates (subject to hydrolysis) is 1. The summed E-state index contributed by atoms with van der Waals surface area (Å²) >= 11 is 0. The number of carbonyl (C=O) groups excluding carboxylic acids is 1. The van der Waals surface area contributed by atoms with Crippen molar-refractivity contribution in [2.75, 3.05) is 20.2 Å². The van der Waals surface area contributed by atoms with Crippen molar-refractivity contribution in [1.82, 2.24) is 20.2 Å². The number of amides is 1. The SMILES string of the molecule is C=CC[C@@H]1C[C@H]1OC(=O)NC(CN1C[C@H](Oc2nc3cc(OC)ccc3nc2C(F)(F)CC=C)[C@@H](CC)[C@H]1C(=O)O)C(C)(C)C. The standard InChI is InChI=1S/C33H44F2N4O6/c1-8-11-19-15-24(19)45-31(42)38-26(32(4,5)6)18-39-17-25(21(10-3)27(39)30(40)41)44-29-28(33(34,35)14-9-2)36-22-13-12-20(43-7)16-23(22)37-29/h8-9,12-13,16,19,21,24-27H,1-2,10-11,14-15,17-18H2,3-7H3,(H,38,42)(H,40,41)/t19-,21-,24-,25+,26?,27+/m1/s1. The molecule has 6 atom stereocenters. The molecule has 2 N–H and O–H groups in total. The topological polar surface area (TPSA) is 123 Å². The fourth-order valence-corrected chi connectivity index (χ4v) is 5.89. The van der Waals surface area contributed by atoms with Crippen LogP contribution in [0.5, 0.6) is 11.6 Å². The number of carboxylic acid groups (broad SMARTS) is 1. The number of likely N-dealkylation sites (tertiary alicyclic amines) is 1. The van der Waals surface area contributed by atoms with Crippen LogP contribution in [0.15, 0.2) is 43.5 Å². The number of nitrogens with zero attached hydrogens (tertiary/aromatic N) is 3. The lowest BCUT2D eigenvalue weighted by Gasteiger charge is -2.35. The third-order valence-corrected chi connectivity index (χ3v) is 8.61. The van der Waals surface area contributed by atoms with Gasteiger partial charge in [-0.1, -0.05) is 39.8 Å². The number of rotatable bonds is 14. The number of nitrogens with one attached hydrogen (secondary N) is 1. The molecule has 2 heterocycles. The van der Waals surface area contributed by atoms with Crippen LogP contribution in [0.25, 0.3) is 11.0 Å². The second-order valence-electron chi connectivity index (χ2n) is 12.9. The Labute approximate surface area is 262 Å². The van der Waals surface area contributed by atoms with Crippen LogP contribution in [0, 0.1) is 17.3 Å². The van der Waals surface area contributed by atoms with Crippen molar-refractivity contribution in [3.05, 3.63) is 49.2 Å². The molecule has 4 rings (SSSR count). The van der Waals surface area contributed by atoms with Crippen molar-refractivity contribution in [2.45, 2.75) is 83.6 Å². The zero-order valence-electron chi connectivity index (χ0n) is 26.6. The summed E-state index contributed by atoms with van der Waals surface area (Å²) in [7, 11) is 1.48. The molecule has 0 spiro atoms. The van der Waals surface area contributed by atoms with Crippen molar-refractivity contribution in [2.24, 2.45) is 17.3 Å². The van der Waals surface area contributed by atoms with Crippen LogP contribution < -0.4 is 14.8 Å². The van der Waals surface area contributed by atoms with Crippen molar-refractivity contribution in [3.8, 4) is 11.6 Å². The summed E-state index contributed by atoms with van der Waals surface area (Å²) in [5.74, 6) is -4.70. The molecule has 1 saturated heterocycles. The Morgan fingerprint density at radius 3 is 2.51 bits per heavy atom. The van der Waals surface area contributed by atoms with E-state index in [2.05, 4.69) is 28.4 Å². The smallest absolute Gasteiger partial charge is 0.407 e. The van der Waals surface area contributed by atoms with Gasteiger partial charge >= 0.3 is 12.1 Å². The van der Waals surface area contributed by atoms with E-state index in [-0.39, 0.29) is 36.5 Å². The number of methoxy groups -OCH3 is 1. The van der Waals surface area contributed by atoms with Gasteiger partial charge in [0.25, 0.3) is 5.92 Å². The number of carboxylic acids is 1. The van der Waals surface area contributed by atoms with Gasteiger partial charge in [-0.15, -0.1) is 13.2 Å². The van der Waals surface area contributed by atoms with Crippen LogP contribution in [0.4, 0.5) is 13.6 Å². The maximum absolute atomic E-state index is 15.4. The van der Waals surface area contributed by atoms with Gasteiger partial charge in [-0.25, -0.2) is 14.8 Å². The Hall–Kier alpha value is -3.80. The summed E-state index contributed by atoms with van der Waals surface area (Å²) in [6.45, 7) is 15.1. The normalized spacial score (nSPS) is 24.1. The molecule has 1 aliphatic heterocycles. The number of ether oxygens (including phenoxy) is 3. The molecule has 0 radical (unpaired) electrons. The number of allylic oxidation sites excluding steroid dienone is 2. The first-order chi connectivity index (χ1) is 21.2. The largest absolute Gasteiger partial charge is 0.497 e. The van der Waals surface area contributed by atoms with Gasteiger partial charge in [0.15, 0.2) is 5.69 Å². The molecular weight excluding hydrogens is 586 g/mol. The molecule has 45 heavy (non-hydrogen) atoms. The number of aliphatic carboxylic acids is 1. The molecule has 2 aliphatic rings. The molecule has 1 aromatic carbocycles. The number of hydrogen-bond acceptors (Lipinski definition) is 8. The minimum atomic E-state index is -3.43. The predicted octanol–water partition coefficient (Wildman–Crippen LogP) is 5.95. The van der Waals surface area contributed by atoms with E-state index in [0.29, 0.717) is 17.7 Å². The van der Waals surface area contributed by atoms with Gasteiger partial charge in [0, 0.05) is 43.5 Å². The Morgan fingerprint density at radius 2 is 1.91 bits per heavy atom. The molecule has 1 saturated carbocycles. The first kappa shape index (κ1) is 34.1. The first-order valence-corrected chi connectivity index (χ1v) is 15.3. The molecule has 1 unspecified atom stereocenters. The predicted molar refractivity (Wildman–Crippen MR) is 166 cm³/mol. The summed E-state index contributed by atoms with van der Waals surface area (Å²) < 4.78 is 47.8. The Bertz CT molecular complexity index is 1410. The van der Waals surface area contributed by atoms with Gasteiger partial charge in [0.2, 0.25) is 5.88 Å². The number of benzene rings is 1. The molecule has 1 amide bonds.